The number of hydrogen-bond donors (Lipinski definition) is 0. The fraction of sp³-hybridized carbons (Fsp3) is 0.394. The third-order valence-electron chi connectivity index (χ3n) is 7.57. The molecule has 1 fully saturated rings. The van der Waals surface area contributed by atoms with Gasteiger partial charge in [-0.15, -0.1) is 0 Å². The van der Waals surface area contributed by atoms with Crippen LogP contribution in [-0.2, 0) is 35.1 Å². The number of likely N-dealkylation sites (N-methyl/N-ethyl adjacent to an activating group) is 1. The van der Waals surface area contributed by atoms with Gasteiger partial charge in [-0.3, -0.25) is 0 Å². The Labute approximate surface area is 245 Å². The van der Waals surface area contributed by atoms with Crippen LogP contribution in [0.25, 0.3) is 0 Å². The number of para-hydroxylation sites is 1. The Hall–Kier alpha value is -4.01. The third-order valence-corrected chi connectivity index (χ3v) is 7.57. The van der Waals surface area contributed by atoms with Crippen LogP contribution in [0.5, 0.6) is 5.75 Å². The smallest absolute Gasteiger partial charge is 0.416 e. The van der Waals surface area contributed by atoms with Gasteiger partial charge >= 0.3 is 18.2 Å². The van der Waals surface area contributed by atoms with Gasteiger partial charge in [-0.05, 0) is 74.1 Å². The number of benzene rings is 3. The maximum atomic E-state index is 12.9. The lowest BCUT2D eigenvalue weighted by Gasteiger charge is -2.28. The summed E-state index contributed by atoms with van der Waals surface area (Å²) in [5.41, 5.74) is 0.888. The number of carbonyl (C=O) groups is 2. The van der Waals surface area contributed by atoms with E-state index in [0.29, 0.717) is 24.3 Å². The highest BCUT2D eigenvalue weighted by atomic mass is 19.4. The number of aryl methyl sites for hydroxylation is 1. The van der Waals surface area contributed by atoms with Gasteiger partial charge in [0.1, 0.15) is 5.75 Å². The molecule has 0 spiro atoms. The molecule has 4 rings (SSSR count). The van der Waals surface area contributed by atoms with E-state index in [9.17, 15) is 22.8 Å². The van der Waals surface area contributed by atoms with Crippen LogP contribution in [0, 0.1) is 0 Å². The van der Waals surface area contributed by atoms with Gasteiger partial charge in [0.15, 0.2) is 0 Å². The SMILES string of the molecule is CCOC(=O)C(C)(Cc1ccc(CCCC2CN(Cc3ccc(C(F)(F)F)cc3)C(=O)N2C)cc1)Oc1ccccc1. The molecule has 1 saturated heterocycles. The largest absolute Gasteiger partial charge is 0.476 e. The van der Waals surface area contributed by atoms with Gasteiger partial charge in [-0.2, -0.15) is 13.2 Å². The van der Waals surface area contributed by atoms with E-state index in [4.69, 9.17) is 9.47 Å². The zero-order chi connectivity index (χ0) is 30.3. The molecule has 0 aromatic heterocycles. The summed E-state index contributed by atoms with van der Waals surface area (Å²) in [5, 5.41) is 0. The first-order valence-electron chi connectivity index (χ1n) is 14.2. The van der Waals surface area contributed by atoms with Gasteiger partial charge in [0, 0.05) is 26.6 Å². The van der Waals surface area contributed by atoms with E-state index in [-0.39, 0.29) is 25.2 Å². The fourth-order valence-corrected chi connectivity index (χ4v) is 5.21. The second-order valence-electron chi connectivity index (χ2n) is 10.9. The summed E-state index contributed by atoms with van der Waals surface area (Å²) >= 11 is 0. The van der Waals surface area contributed by atoms with Crippen molar-refractivity contribution in [3.63, 3.8) is 0 Å². The monoisotopic (exact) mass is 582 g/mol. The van der Waals surface area contributed by atoms with Crippen molar-refractivity contribution in [2.45, 2.75) is 63.9 Å². The first-order chi connectivity index (χ1) is 20.0. The molecule has 9 heteroatoms. The number of esters is 1. The first kappa shape index (κ1) is 30.9. The lowest BCUT2D eigenvalue weighted by atomic mass is 9.94. The van der Waals surface area contributed by atoms with Crippen molar-refractivity contribution in [3.05, 3.63) is 101 Å². The van der Waals surface area contributed by atoms with Crippen molar-refractivity contribution in [1.82, 2.24) is 9.80 Å². The predicted molar refractivity (Wildman–Crippen MR) is 154 cm³/mol. The van der Waals surface area contributed by atoms with Gasteiger partial charge < -0.3 is 19.3 Å². The molecule has 2 atom stereocenters. The molecule has 3 aromatic carbocycles. The number of rotatable bonds is 12. The summed E-state index contributed by atoms with van der Waals surface area (Å²) in [6.07, 6.45) is -1.53. The summed E-state index contributed by atoms with van der Waals surface area (Å²) in [5.74, 6) is 0.179. The van der Waals surface area contributed by atoms with Crippen LogP contribution in [0.4, 0.5) is 18.0 Å². The van der Waals surface area contributed by atoms with Crippen LogP contribution in [0.1, 0.15) is 48.9 Å². The number of halogens is 3. The van der Waals surface area contributed by atoms with Gasteiger partial charge in [-0.1, -0.05) is 54.6 Å². The van der Waals surface area contributed by atoms with Crippen LogP contribution in [0.3, 0.4) is 0 Å². The number of hydrogen-bond acceptors (Lipinski definition) is 4. The van der Waals surface area contributed by atoms with Gasteiger partial charge in [0.25, 0.3) is 0 Å². The molecule has 0 radical (unpaired) electrons. The second kappa shape index (κ2) is 13.3. The zero-order valence-corrected chi connectivity index (χ0v) is 24.2. The molecule has 0 bridgehead atoms. The van der Waals surface area contributed by atoms with E-state index in [1.165, 1.54) is 12.1 Å². The summed E-state index contributed by atoms with van der Waals surface area (Å²) in [7, 11) is 1.77. The summed E-state index contributed by atoms with van der Waals surface area (Å²) in [6, 6.07) is 22.2. The van der Waals surface area contributed by atoms with E-state index < -0.39 is 23.3 Å². The Morgan fingerprint density at radius 2 is 1.55 bits per heavy atom. The third kappa shape index (κ3) is 7.84. The lowest BCUT2D eigenvalue weighted by Crippen LogP contribution is -2.45. The van der Waals surface area contributed by atoms with Crippen LogP contribution in [0.15, 0.2) is 78.9 Å². The van der Waals surface area contributed by atoms with E-state index in [0.717, 1.165) is 42.5 Å². The highest BCUT2D eigenvalue weighted by molar-refractivity contribution is 5.80. The molecule has 0 saturated carbocycles. The van der Waals surface area contributed by atoms with Gasteiger partial charge in [0.2, 0.25) is 5.60 Å². The number of carbonyl (C=O) groups excluding carboxylic acids is 2. The maximum Gasteiger partial charge on any atom is 0.416 e. The topological polar surface area (TPSA) is 59.1 Å². The Morgan fingerprint density at radius 3 is 2.17 bits per heavy atom. The quantitative estimate of drug-likeness (QED) is 0.218. The molecule has 1 heterocycles. The van der Waals surface area contributed by atoms with E-state index in [1.54, 1.807) is 30.7 Å². The van der Waals surface area contributed by atoms with Gasteiger partial charge in [0.05, 0.1) is 18.2 Å². The average Bonchev–Trinajstić information content (AvgIpc) is 3.22. The number of amides is 2. The molecule has 224 valence electrons. The highest BCUT2D eigenvalue weighted by Gasteiger charge is 2.38. The summed E-state index contributed by atoms with van der Waals surface area (Å²) in [6.45, 7) is 4.58. The first-order valence-corrected chi connectivity index (χ1v) is 14.2. The molecule has 1 aliphatic heterocycles. The molecular formula is C33H37F3N2O4. The highest BCUT2D eigenvalue weighted by Crippen LogP contribution is 2.30. The van der Waals surface area contributed by atoms with Crippen molar-refractivity contribution in [1.29, 1.82) is 0 Å². The Bertz CT molecular complexity index is 1330. The fourth-order valence-electron chi connectivity index (χ4n) is 5.21. The Morgan fingerprint density at radius 1 is 0.929 bits per heavy atom. The molecule has 42 heavy (non-hydrogen) atoms. The molecule has 2 unspecified atom stereocenters. The summed E-state index contributed by atoms with van der Waals surface area (Å²) in [4.78, 5) is 29.0. The van der Waals surface area contributed by atoms with Crippen LogP contribution < -0.4 is 4.74 Å². The summed E-state index contributed by atoms with van der Waals surface area (Å²) < 4.78 is 50.0. The molecule has 1 aliphatic rings. The number of ether oxygens (including phenoxy) is 2. The van der Waals surface area contributed by atoms with E-state index >= 15 is 0 Å². The number of urea groups is 1. The molecule has 2 amide bonds. The zero-order valence-electron chi connectivity index (χ0n) is 24.2. The molecule has 6 nitrogen and oxygen atoms in total. The average molecular weight is 583 g/mol. The van der Waals surface area contributed by atoms with E-state index in [1.807, 2.05) is 54.6 Å². The molecule has 0 N–H and O–H groups in total. The van der Waals surface area contributed by atoms with Crippen LogP contribution in [0.2, 0.25) is 0 Å². The number of alkyl halides is 3. The minimum atomic E-state index is -4.38. The Balaban J connectivity index is 1.29. The standard InChI is InChI=1S/C33H37F3N2O4/c1-4-41-30(39)32(2,42-29-11-6-5-7-12-29)21-25-15-13-24(14-16-25)9-8-10-28-23-38(31(40)37(28)3)22-26-17-19-27(20-18-26)33(34,35)36/h5-7,11-20,28H,4,8-10,21-23H2,1-3H3. The minimum Gasteiger partial charge on any atom is -0.476 e. The Kier molecular flexibility index (Phi) is 9.81. The van der Waals surface area contributed by atoms with E-state index in [2.05, 4.69) is 0 Å². The molecular weight excluding hydrogens is 545 g/mol. The van der Waals surface area contributed by atoms with Crippen LogP contribution >= 0.6 is 0 Å². The maximum absolute atomic E-state index is 12.9. The number of nitrogens with zero attached hydrogens (tertiary/aromatic N) is 2. The van der Waals surface area contributed by atoms with Crippen molar-refractivity contribution in [2.24, 2.45) is 0 Å². The normalized spacial score (nSPS) is 16.8. The van der Waals surface area contributed by atoms with Gasteiger partial charge in [-0.25, -0.2) is 9.59 Å². The second-order valence-corrected chi connectivity index (χ2v) is 10.9. The lowest BCUT2D eigenvalue weighted by molar-refractivity contribution is -0.160. The van der Waals surface area contributed by atoms with Crippen molar-refractivity contribution < 1.29 is 32.2 Å². The molecule has 3 aromatic rings. The van der Waals surface area contributed by atoms with Crippen molar-refractivity contribution in [3.8, 4) is 5.75 Å². The van der Waals surface area contributed by atoms with Crippen molar-refractivity contribution >= 4 is 12.0 Å². The minimum absolute atomic E-state index is 0.0339. The molecule has 0 aliphatic carbocycles. The van der Waals surface area contributed by atoms with Crippen molar-refractivity contribution in [2.75, 3.05) is 20.2 Å². The van der Waals surface area contributed by atoms with Crippen LogP contribution in [-0.4, -0.2) is 53.6 Å². The predicted octanol–water partition coefficient (Wildman–Crippen LogP) is 6.91.